The summed E-state index contributed by atoms with van der Waals surface area (Å²) in [6.45, 7) is 0.248. The van der Waals surface area contributed by atoms with Crippen LogP contribution in [0.25, 0.3) is 33.1 Å². The van der Waals surface area contributed by atoms with E-state index in [1.165, 1.54) is 27.4 Å². The lowest BCUT2D eigenvalue weighted by atomic mass is 10.00. The van der Waals surface area contributed by atoms with E-state index in [9.17, 15) is 15.0 Å². The Morgan fingerprint density at radius 2 is 1.69 bits per heavy atom. The molecule has 178 valence electrons. The molecule has 0 amide bonds. The van der Waals surface area contributed by atoms with Gasteiger partial charge in [0, 0.05) is 35.2 Å². The Kier molecular flexibility index (Phi) is 5.65. The predicted octanol–water partition coefficient (Wildman–Crippen LogP) is 4.79. The van der Waals surface area contributed by atoms with Gasteiger partial charge in [0.1, 0.15) is 28.2 Å². The minimum atomic E-state index is -1.14. The number of ether oxygens (including phenoxy) is 3. The number of phenols is 1. The molecule has 0 fully saturated rings. The molecule has 9 nitrogen and oxygen atoms in total. The Labute approximate surface area is 204 Å². The first-order chi connectivity index (χ1) is 16.9. The summed E-state index contributed by atoms with van der Waals surface area (Å²) in [5, 5.41) is 21.8. The second-order valence-electron chi connectivity index (χ2n) is 7.81. The second kappa shape index (κ2) is 8.80. The van der Waals surface area contributed by atoms with Gasteiger partial charge in [-0.1, -0.05) is 6.07 Å². The molecule has 0 aliphatic heterocycles. The van der Waals surface area contributed by atoms with Crippen LogP contribution in [0.1, 0.15) is 16.1 Å². The summed E-state index contributed by atoms with van der Waals surface area (Å²) in [5.41, 5.74) is 3.74. The SMILES string of the molecule is COc1ccc(-c2c(C(=O)O)n(Cc3ccc4nsnc4c3)c3cc(OC)c(OC)cc23)c(O)c1. The van der Waals surface area contributed by atoms with Crippen molar-refractivity contribution in [2.45, 2.75) is 6.54 Å². The van der Waals surface area contributed by atoms with Crippen molar-refractivity contribution in [1.29, 1.82) is 0 Å². The first-order valence-electron chi connectivity index (χ1n) is 10.5. The van der Waals surface area contributed by atoms with Gasteiger partial charge in [0.15, 0.2) is 11.5 Å². The van der Waals surface area contributed by atoms with Crippen LogP contribution >= 0.6 is 11.7 Å². The van der Waals surface area contributed by atoms with Crippen molar-refractivity contribution in [2.75, 3.05) is 21.3 Å². The Bertz CT molecular complexity index is 1590. The summed E-state index contributed by atoms with van der Waals surface area (Å²) >= 11 is 1.12. The van der Waals surface area contributed by atoms with E-state index in [0.717, 1.165) is 28.3 Å². The number of rotatable bonds is 7. The molecule has 0 aliphatic carbocycles. The average molecular weight is 492 g/mol. The fourth-order valence-electron chi connectivity index (χ4n) is 4.29. The Balaban J connectivity index is 1.82. The van der Waals surface area contributed by atoms with E-state index < -0.39 is 5.97 Å². The van der Waals surface area contributed by atoms with Gasteiger partial charge in [-0.2, -0.15) is 8.75 Å². The van der Waals surface area contributed by atoms with Gasteiger partial charge >= 0.3 is 5.97 Å². The van der Waals surface area contributed by atoms with E-state index in [2.05, 4.69) is 8.75 Å². The van der Waals surface area contributed by atoms with Crippen LogP contribution in [-0.2, 0) is 6.54 Å². The van der Waals surface area contributed by atoms with Crippen LogP contribution in [0.5, 0.6) is 23.0 Å². The van der Waals surface area contributed by atoms with Crippen molar-refractivity contribution in [2.24, 2.45) is 0 Å². The van der Waals surface area contributed by atoms with Crippen molar-refractivity contribution >= 4 is 39.6 Å². The highest BCUT2D eigenvalue weighted by molar-refractivity contribution is 7.00. The zero-order valence-corrected chi connectivity index (χ0v) is 19.9. The largest absolute Gasteiger partial charge is 0.507 e. The molecule has 2 N–H and O–H groups in total. The molecule has 0 unspecified atom stereocenters. The molecule has 0 radical (unpaired) electrons. The molecule has 5 aromatic rings. The number of phenolic OH excluding ortho intramolecular Hbond substituents is 1. The third-order valence-corrected chi connectivity index (χ3v) is 6.46. The minimum Gasteiger partial charge on any atom is -0.507 e. The number of hydrogen-bond donors (Lipinski definition) is 2. The maximum atomic E-state index is 12.7. The lowest BCUT2D eigenvalue weighted by Crippen LogP contribution is -2.10. The summed E-state index contributed by atoms with van der Waals surface area (Å²) in [6.07, 6.45) is 0. The number of fused-ring (bicyclic) bond motifs is 2. The second-order valence-corrected chi connectivity index (χ2v) is 8.34. The minimum absolute atomic E-state index is 0.0206. The van der Waals surface area contributed by atoms with Crippen LogP contribution in [-0.4, -0.2) is 50.8 Å². The standard InChI is InChI=1S/C25H21N3O6S/c1-32-14-5-6-15(20(29)9-14)23-16-10-21(33-2)22(34-3)11-19(16)28(24(23)25(30)31)12-13-4-7-17-18(8-13)27-35-26-17/h4-11,29H,12H2,1-3H3,(H,30,31). The molecule has 0 saturated heterocycles. The molecule has 0 saturated carbocycles. The normalized spacial score (nSPS) is 11.2. The number of methoxy groups -OCH3 is 3. The summed E-state index contributed by atoms with van der Waals surface area (Å²) < 4.78 is 26.4. The van der Waals surface area contributed by atoms with Crippen LogP contribution in [0, 0.1) is 0 Å². The molecular weight excluding hydrogens is 470 g/mol. The predicted molar refractivity (Wildman–Crippen MR) is 132 cm³/mol. The van der Waals surface area contributed by atoms with Gasteiger partial charge < -0.3 is 29.0 Å². The fraction of sp³-hybridized carbons (Fsp3) is 0.160. The van der Waals surface area contributed by atoms with Crippen LogP contribution in [0.2, 0.25) is 0 Å². The number of benzene rings is 3. The number of hydrogen-bond acceptors (Lipinski definition) is 8. The smallest absolute Gasteiger partial charge is 0.353 e. The Morgan fingerprint density at radius 3 is 2.37 bits per heavy atom. The summed E-state index contributed by atoms with van der Waals surface area (Å²) in [5.74, 6) is 0.117. The van der Waals surface area contributed by atoms with Gasteiger partial charge in [-0.05, 0) is 35.9 Å². The maximum Gasteiger partial charge on any atom is 0.353 e. The highest BCUT2D eigenvalue weighted by Gasteiger charge is 2.27. The van der Waals surface area contributed by atoms with Crippen molar-refractivity contribution in [3.63, 3.8) is 0 Å². The quantitative estimate of drug-likeness (QED) is 0.334. The van der Waals surface area contributed by atoms with Gasteiger partial charge in [-0.15, -0.1) is 0 Å². The first kappa shape index (κ1) is 22.5. The third kappa shape index (κ3) is 3.77. The molecular formula is C25H21N3O6S. The first-order valence-corrected chi connectivity index (χ1v) is 11.3. The summed E-state index contributed by atoms with van der Waals surface area (Å²) in [7, 11) is 4.53. The van der Waals surface area contributed by atoms with Gasteiger partial charge in [0.05, 0.1) is 38.6 Å². The number of carboxylic acids is 1. The maximum absolute atomic E-state index is 12.7. The van der Waals surface area contributed by atoms with Gasteiger partial charge in [-0.25, -0.2) is 4.79 Å². The summed E-state index contributed by atoms with van der Waals surface area (Å²) in [4.78, 5) is 12.7. The van der Waals surface area contributed by atoms with Crippen LogP contribution in [0.3, 0.4) is 0 Å². The molecule has 3 aromatic carbocycles. The topological polar surface area (TPSA) is 116 Å². The number of nitrogens with zero attached hydrogens (tertiary/aromatic N) is 3. The third-order valence-electron chi connectivity index (χ3n) is 5.90. The molecule has 5 rings (SSSR count). The molecule has 0 atom stereocenters. The number of carbonyl (C=O) groups is 1. The Morgan fingerprint density at radius 1 is 0.943 bits per heavy atom. The average Bonchev–Trinajstić information content (AvgIpc) is 3.45. The molecule has 2 heterocycles. The van der Waals surface area contributed by atoms with Crippen LogP contribution < -0.4 is 14.2 Å². The van der Waals surface area contributed by atoms with E-state index >= 15 is 0 Å². The molecule has 0 spiro atoms. The zero-order chi connectivity index (χ0) is 24.7. The highest BCUT2D eigenvalue weighted by Crippen LogP contribution is 2.44. The highest BCUT2D eigenvalue weighted by atomic mass is 32.1. The van der Waals surface area contributed by atoms with Gasteiger partial charge in [0.2, 0.25) is 0 Å². The van der Waals surface area contributed by atoms with E-state index in [4.69, 9.17) is 14.2 Å². The lowest BCUT2D eigenvalue weighted by Gasteiger charge is -2.11. The number of aromatic hydroxyl groups is 1. The van der Waals surface area contributed by atoms with Crippen molar-refractivity contribution in [1.82, 2.24) is 13.3 Å². The molecule has 10 heteroatoms. The van der Waals surface area contributed by atoms with Gasteiger partial charge in [-0.3, -0.25) is 0 Å². The van der Waals surface area contributed by atoms with Crippen molar-refractivity contribution in [3.8, 4) is 34.1 Å². The molecule has 0 aliphatic rings. The molecule has 2 aromatic heterocycles. The fourth-order valence-corrected chi connectivity index (χ4v) is 4.81. The van der Waals surface area contributed by atoms with E-state index in [1.54, 1.807) is 28.8 Å². The Hall–Kier alpha value is -4.31. The number of carboxylic acid groups (broad SMARTS) is 1. The molecule has 0 bridgehead atoms. The van der Waals surface area contributed by atoms with Gasteiger partial charge in [0.25, 0.3) is 0 Å². The van der Waals surface area contributed by atoms with Crippen molar-refractivity contribution in [3.05, 3.63) is 59.8 Å². The zero-order valence-electron chi connectivity index (χ0n) is 19.1. The van der Waals surface area contributed by atoms with Crippen molar-refractivity contribution < 1.29 is 29.2 Å². The molecule has 35 heavy (non-hydrogen) atoms. The van der Waals surface area contributed by atoms with E-state index in [-0.39, 0.29) is 18.0 Å². The monoisotopic (exact) mass is 491 g/mol. The van der Waals surface area contributed by atoms with E-state index in [0.29, 0.717) is 39.3 Å². The summed E-state index contributed by atoms with van der Waals surface area (Å²) in [6, 6.07) is 13.9. The van der Waals surface area contributed by atoms with Crippen LogP contribution in [0.15, 0.2) is 48.5 Å². The van der Waals surface area contributed by atoms with E-state index in [1.807, 2.05) is 18.2 Å². The number of aromatic nitrogens is 3. The van der Waals surface area contributed by atoms with Crippen LogP contribution in [0.4, 0.5) is 0 Å². The lowest BCUT2D eigenvalue weighted by molar-refractivity contribution is 0.0687. The number of aromatic carboxylic acids is 1.